The molecule has 0 fully saturated rings. The number of ether oxygens (including phenoxy) is 1. The van der Waals surface area contributed by atoms with E-state index >= 15 is 0 Å². The zero-order chi connectivity index (χ0) is 15.2. The first-order valence-corrected chi connectivity index (χ1v) is 7.89. The summed E-state index contributed by atoms with van der Waals surface area (Å²) in [7, 11) is -0.575. The molecular weight excluding hydrogens is 280 g/mol. The highest BCUT2D eigenvalue weighted by atomic mass is 32.2. The van der Waals surface area contributed by atoms with Gasteiger partial charge in [0.15, 0.2) is 0 Å². The highest BCUT2D eigenvalue weighted by molar-refractivity contribution is 7.88. The van der Waals surface area contributed by atoms with Crippen LogP contribution in [0.15, 0.2) is 24.3 Å². The van der Waals surface area contributed by atoms with Crippen LogP contribution in [0.5, 0.6) is 0 Å². The third-order valence-electron chi connectivity index (χ3n) is 2.88. The smallest absolute Gasteiger partial charge is 0.218 e. The van der Waals surface area contributed by atoms with E-state index < -0.39 is 16.1 Å². The van der Waals surface area contributed by atoms with E-state index in [0.29, 0.717) is 12.1 Å². The van der Waals surface area contributed by atoms with Crippen LogP contribution in [0.25, 0.3) is 0 Å². The number of benzene rings is 1. The number of nitrogens with zero attached hydrogens (tertiary/aromatic N) is 1. The lowest BCUT2D eigenvalue weighted by atomic mass is 10.1. The van der Waals surface area contributed by atoms with E-state index in [1.54, 1.807) is 18.2 Å². The fraction of sp³-hybridized carbons (Fsp3) is 0.538. The van der Waals surface area contributed by atoms with Crippen molar-refractivity contribution in [2.45, 2.75) is 18.4 Å². The van der Waals surface area contributed by atoms with Crippen LogP contribution in [0.1, 0.15) is 11.1 Å². The minimum atomic E-state index is -3.47. The van der Waals surface area contributed by atoms with Crippen LogP contribution < -0.4 is 5.73 Å². The summed E-state index contributed by atoms with van der Waals surface area (Å²) >= 11 is 0. The summed E-state index contributed by atoms with van der Waals surface area (Å²) in [6, 6.07) is 7.15. The minimum absolute atomic E-state index is 0.00670. The molecule has 0 heterocycles. The third kappa shape index (κ3) is 5.18. The second-order valence-corrected chi connectivity index (χ2v) is 6.75. The predicted molar refractivity (Wildman–Crippen MR) is 77.5 cm³/mol. The molecule has 7 heteroatoms. The first-order chi connectivity index (χ1) is 9.39. The van der Waals surface area contributed by atoms with Crippen LogP contribution in [0, 0.1) is 0 Å². The highest BCUT2D eigenvalue weighted by Gasteiger charge is 2.21. The monoisotopic (exact) mass is 302 g/mol. The van der Waals surface area contributed by atoms with Crippen molar-refractivity contribution in [3.05, 3.63) is 35.4 Å². The number of likely N-dealkylation sites (N-methyl/N-ethyl adjacent to an activating group) is 1. The Kier molecular flexibility index (Phi) is 6.57. The molecule has 20 heavy (non-hydrogen) atoms. The number of nitrogens with two attached hydrogens (primary N) is 1. The molecule has 1 aromatic carbocycles. The average Bonchev–Trinajstić information content (AvgIpc) is 2.38. The van der Waals surface area contributed by atoms with Gasteiger partial charge in [-0.2, -0.15) is 0 Å². The number of aliphatic hydroxyl groups excluding tert-OH is 1. The second-order valence-electron chi connectivity index (χ2n) is 4.67. The summed E-state index contributed by atoms with van der Waals surface area (Å²) in [4.78, 5) is 0. The van der Waals surface area contributed by atoms with Crippen molar-refractivity contribution in [3.8, 4) is 0 Å². The molecule has 0 radical (unpaired) electrons. The van der Waals surface area contributed by atoms with Crippen molar-refractivity contribution in [1.29, 1.82) is 0 Å². The van der Waals surface area contributed by atoms with Gasteiger partial charge < -0.3 is 15.6 Å². The third-order valence-corrected chi connectivity index (χ3v) is 4.67. The number of hydrogen-bond donors (Lipinski definition) is 2. The van der Waals surface area contributed by atoms with E-state index in [-0.39, 0.29) is 18.9 Å². The van der Waals surface area contributed by atoms with Gasteiger partial charge in [0.1, 0.15) is 0 Å². The maximum atomic E-state index is 12.2. The first kappa shape index (κ1) is 17.1. The van der Waals surface area contributed by atoms with Crippen molar-refractivity contribution in [2.75, 3.05) is 27.3 Å². The SMILES string of the molecule is COCC(O)CN(C)S(=O)(=O)Cc1cccc(CN)c1. The number of rotatable bonds is 8. The van der Waals surface area contributed by atoms with Crippen LogP contribution in [-0.4, -0.2) is 51.2 Å². The summed E-state index contributed by atoms with van der Waals surface area (Å²) in [5.41, 5.74) is 7.10. The van der Waals surface area contributed by atoms with Crippen LogP contribution in [0.3, 0.4) is 0 Å². The molecule has 6 nitrogen and oxygen atoms in total. The van der Waals surface area contributed by atoms with E-state index in [4.69, 9.17) is 10.5 Å². The summed E-state index contributed by atoms with van der Waals surface area (Å²) in [6.45, 7) is 0.478. The Morgan fingerprint density at radius 2 is 2.05 bits per heavy atom. The maximum absolute atomic E-state index is 12.2. The Balaban J connectivity index is 2.73. The number of hydrogen-bond acceptors (Lipinski definition) is 5. The lowest BCUT2D eigenvalue weighted by Gasteiger charge is -2.20. The average molecular weight is 302 g/mol. The van der Waals surface area contributed by atoms with E-state index in [2.05, 4.69) is 0 Å². The molecule has 1 aromatic rings. The maximum Gasteiger partial charge on any atom is 0.218 e. The lowest BCUT2D eigenvalue weighted by Crippen LogP contribution is -2.36. The molecule has 3 N–H and O–H groups in total. The Labute approximate surface area is 120 Å². The molecule has 0 spiro atoms. The van der Waals surface area contributed by atoms with Gasteiger partial charge in [0, 0.05) is 27.2 Å². The van der Waals surface area contributed by atoms with Crippen LogP contribution in [0.4, 0.5) is 0 Å². The van der Waals surface area contributed by atoms with Crippen LogP contribution in [-0.2, 0) is 27.1 Å². The van der Waals surface area contributed by atoms with E-state index in [1.165, 1.54) is 14.2 Å². The molecule has 0 amide bonds. The molecule has 0 bridgehead atoms. The zero-order valence-electron chi connectivity index (χ0n) is 11.8. The van der Waals surface area contributed by atoms with E-state index in [9.17, 15) is 13.5 Å². The van der Waals surface area contributed by atoms with Crippen molar-refractivity contribution in [3.63, 3.8) is 0 Å². The number of sulfonamides is 1. The van der Waals surface area contributed by atoms with Crippen molar-refractivity contribution < 1.29 is 18.3 Å². The topological polar surface area (TPSA) is 92.9 Å². The summed E-state index contributed by atoms with van der Waals surface area (Å²) < 4.78 is 30.3. The van der Waals surface area contributed by atoms with Gasteiger partial charge in [-0.3, -0.25) is 0 Å². The second kappa shape index (κ2) is 7.70. The van der Waals surface area contributed by atoms with Gasteiger partial charge in [-0.1, -0.05) is 24.3 Å². The molecule has 0 aliphatic heterocycles. The number of methoxy groups -OCH3 is 1. The van der Waals surface area contributed by atoms with Gasteiger partial charge in [-0.05, 0) is 11.1 Å². The predicted octanol–water partition coefficient (Wildman–Crippen LogP) is -0.0858. The molecule has 0 aliphatic carbocycles. The molecule has 1 atom stereocenters. The molecule has 114 valence electrons. The molecule has 0 aromatic heterocycles. The van der Waals surface area contributed by atoms with Crippen molar-refractivity contribution >= 4 is 10.0 Å². The lowest BCUT2D eigenvalue weighted by molar-refractivity contribution is 0.0554. The minimum Gasteiger partial charge on any atom is -0.389 e. The molecule has 0 saturated carbocycles. The summed E-state index contributed by atoms with van der Waals surface area (Å²) in [5, 5.41) is 9.58. The van der Waals surface area contributed by atoms with Crippen molar-refractivity contribution in [2.24, 2.45) is 5.73 Å². The van der Waals surface area contributed by atoms with Crippen LogP contribution >= 0.6 is 0 Å². The normalized spacial score (nSPS) is 13.7. The Morgan fingerprint density at radius 1 is 1.40 bits per heavy atom. The van der Waals surface area contributed by atoms with Gasteiger partial charge in [0.2, 0.25) is 10.0 Å². The fourth-order valence-electron chi connectivity index (χ4n) is 1.82. The largest absolute Gasteiger partial charge is 0.389 e. The van der Waals surface area contributed by atoms with Gasteiger partial charge in [0.25, 0.3) is 0 Å². The zero-order valence-corrected chi connectivity index (χ0v) is 12.6. The molecule has 0 aliphatic rings. The summed E-state index contributed by atoms with van der Waals surface area (Å²) in [6.07, 6.45) is -0.838. The molecular formula is C13H22N2O4S. The molecule has 0 saturated heterocycles. The van der Waals surface area contributed by atoms with Crippen LogP contribution in [0.2, 0.25) is 0 Å². The highest BCUT2D eigenvalue weighted by Crippen LogP contribution is 2.12. The van der Waals surface area contributed by atoms with Gasteiger partial charge >= 0.3 is 0 Å². The van der Waals surface area contributed by atoms with Crippen molar-refractivity contribution in [1.82, 2.24) is 4.31 Å². The van der Waals surface area contributed by atoms with Gasteiger partial charge in [0.05, 0.1) is 18.5 Å². The Hall–Kier alpha value is -0.990. The Bertz CT molecular complexity index is 519. The summed E-state index contributed by atoms with van der Waals surface area (Å²) in [5.74, 6) is -0.114. The first-order valence-electron chi connectivity index (χ1n) is 6.28. The quantitative estimate of drug-likeness (QED) is 0.700. The molecule has 1 unspecified atom stereocenters. The van der Waals surface area contributed by atoms with Gasteiger partial charge in [-0.15, -0.1) is 0 Å². The molecule has 1 rings (SSSR count). The Morgan fingerprint density at radius 3 is 2.65 bits per heavy atom. The van der Waals surface area contributed by atoms with E-state index in [1.807, 2.05) is 6.07 Å². The van der Waals surface area contributed by atoms with E-state index in [0.717, 1.165) is 9.87 Å². The van der Waals surface area contributed by atoms with Gasteiger partial charge in [-0.25, -0.2) is 12.7 Å². The number of aliphatic hydroxyl groups is 1. The fourth-order valence-corrected chi connectivity index (χ4v) is 3.04. The standard InChI is InChI=1S/C13H22N2O4S/c1-15(8-13(16)9-19-2)20(17,18)10-12-5-3-4-11(6-12)7-14/h3-6,13,16H,7-10,14H2,1-2H3.